The molecular formula is C16H18N2O3S. The Bertz CT molecular complexity index is 775. The second kappa shape index (κ2) is 7.17. The molecule has 1 heterocycles. The number of H-pyrrole nitrogens is 2. The van der Waals surface area contributed by atoms with Gasteiger partial charge in [0.05, 0.1) is 12.7 Å². The highest BCUT2D eigenvalue weighted by molar-refractivity contribution is 7.71. The predicted molar refractivity (Wildman–Crippen MR) is 86.8 cm³/mol. The van der Waals surface area contributed by atoms with Crippen LogP contribution in [0.25, 0.3) is 0 Å². The first-order chi connectivity index (χ1) is 10.5. The number of nitrogens with one attached hydrogen (secondary N) is 2. The molecule has 0 unspecified atom stereocenters. The van der Waals surface area contributed by atoms with Gasteiger partial charge in [0.2, 0.25) is 0 Å². The van der Waals surface area contributed by atoms with Gasteiger partial charge in [-0.05, 0) is 36.3 Å². The Morgan fingerprint density at radius 3 is 2.50 bits per heavy atom. The fraction of sp³-hybridized carbons (Fsp3) is 0.312. The van der Waals surface area contributed by atoms with E-state index in [-0.39, 0.29) is 11.5 Å². The van der Waals surface area contributed by atoms with Gasteiger partial charge in [-0.15, -0.1) is 0 Å². The van der Waals surface area contributed by atoms with Crippen molar-refractivity contribution in [3.05, 3.63) is 61.8 Å². The number of carbonyl (C=O) groups excluding carboxylic acids is 1. The van der Waals surface area contributed by atoms with E-state index in [2.05, 4.69) is 14.7 Å². The van der Waals surface area contributed by atoms with E-state index in [1.54, 1.807) is 12.1 Å². The quantitative estimate of drug-likeness (QED) is 0.656. The number of carbonyl (C=O) groups is 1. The lowest BCUT2D eigenvalue weighted by atomic mass is 10.0. The molecule has 2 N–H and O–H groups in total. The summed E-state index contributed by atoms with van der Waals surface area (Å²) >= 11 is 5.02. The SMILES string of the molecule is CCCc1[nH]c(=S)[nH]c(=O)c1Cc1ccc(C(=O)OC)cc1. The van der Waals surface area contributed by atoms with Gasteiger partial charge in [0.15, 0.2) is 4.77 Å². The lowest BCUT2D eigenvalue weighted by molar-refractivity contribution is 0.0600. The smallest absolute Gasteiger partial charge is 0.337 e. The van der Waals surface area contributed by atoms with Crippen molar-refractivity contribution in [3.63, 3.8) is 0 Å². The summed E-state index contributed by atoms with van der Waals surface area (Å²) in [5, 5.41) is 0. The number of benzene rings is 1. The molecule has 6 heteroatoms. The van der Waals surface area contributed by atoms with Gasteiger partial charge < -0.3 is 9.72 Å². The zero-order chi connectivity index (χ0) is 16.1. The van der Waals surface area contributed by atoms with Gasteiger partial charge in [0.1, 0.15) is 0 Å². The fourth-order valence-corrected chi connectivity index (χ4v) is 2.51. The summed E-state index contributed by atoms with van der Waals surface area (Å²) in [5.74, 6) is -0.375. The molecule has 0 aliphatic heterocycles. The highest BCUT2D eigenvalue weighted by Gasteiger charge is 2.10. The molecular weight excluding hydrogens is 300 g/mol. The molecule has 2 aromatic rings. The van der Waals surface area contributed by atoms with Gasteiger partial charge in [-0.1, -0.05) is 25.5 Å². The number of ether oxygens (including phenoxy) is 1. The van der Waals surface area contributed by atoms with Crippen molar-refractivity contribution in [2.75, 3.05) is 7.11 Å². The molecule has 0 saturated heterocycles. The summed E-state index contributed by atoms with van der Waals surface area (Å²) in [6.07, 6.45) is 2.17. The first kappa shape index (κ1) is 16.2. The number of hydrogen-bond donors (Lipinski definition) is 2. The lowest BCUT2D eigenvalue weighted by Crippen LogP contribution is -2.18. The van der Waals surface area contributed by atoms with Gasteiger partial charge in [-0.25, -0.2) is 4.79 Å². The van der Waals surface area contributed by atoms with Crippen LogP contribution in [-0.4, -0.2) is 23.0 Å². The van der Waals surface area contributed by atoms with E-state index in [0.717, 1.165) is 24.1 Å². The van der Waals surface area contributed by atoms with Crippen molar-refractivity contribution in [3.8, 4) is 0 Å². The monoisotopic (exact) mass is 318 g/mol. The van der Waals surface area contributed by atoms with Crippen LogP contribution >= 0.6 is 12.2 Å². The molecule has 0 saturated carbocycles. The standard InChI is InChI=1S/C16H18N2O3S/c1-3-4-13-12(14(19)18-16(22)17-13)9-10-5-7-11(8-6-10)15(20)21-2/h5-8H,3-4,9H2,1-2H3,(H2,17,18,19,22). The normalized spacial score (nSPS) is 10.5. The minimum absolute atomic E-state index is 0.163. The van der Waals surface area contributed by atoms with Crippen molar-refractivity contribution >= 4 is 18.2 Å². The zero-order valence-electron chi connectivity index (χ0n) is 12.6. The van der Waals surface area contributed by atoms with E-state index in [4.69, 9.17) is 12.2 Å². The van der Waals surface area contributed by atoms with Crippen LogP contribution in [0.15, 0.2) is 29.1 Å². The van der Waals surface area contributed by atoms with E-state index < -0.39 is 0 Å². The van der Waals surface area contributed by atoms with Crippen LogP contribution in [-0.2, 0) is 17.6 Å². The summed E-state index contributed by atoms with van der Waals surface area (Å²) in [6, 6.07) is 7.03. The maximum atomic E-state index is 12.1. The fourth-order valence-electron chi connectivity index (χ4n) is 2.29. The maximum Gasteiger partial charge on any atom is 0.337 e. The van der Waals surface area contributed by atoms with Crippen molar-refractivity contribution in [1.29, 1.82) is 0 Å². The summed E-state index contributed by atoms with van der Waals surface area (Å²) in [6.45, 7) is 2.05. The third-order valence-electron chi connectivity index (χ3n) is 3.39. The third kappa shape index (κ3) is 3.71. The summed E-state index contributed by atoms with van der Waals surface area (Å²) in [4.78, 5) is 29.3. The number of rotatable bonds is 5. The summed E-state index contributed by atoms with van der Waals surface area (Å²) < 4.78 is 5.01. The molecule has 0 spiro atoms. The van der Waals surface area contributed by atoms with Crippen molar-refractivity contribution in [1.82, 2.24) is 9.97 Å². The molecule has 0 fully saturated rings. The van der Waals surface area contributed by atoms with Crippen LogP contribution in [0.3, 0.4) is 0 Å². The average molecular weight is 318 g/mol. The van der Waals surface area contributed by atoms with E-state index in [9.17, 15) is 9.59 Å². The van der Waals surface area contributed by atoms with Crippen molar-refractivity contribution < 1.29 is 9.53 Å². The summed E-state index contributed by atoms with van der Waals surface area (Å²) in [7, 11) is 1.35. The minimum atomic E-state index is -0.375. The molecule has 5 nitrogen and oxygen atoms in total. The Balaban J connectivity index is 2.32. The largest absolute Gasteiger partial charge is 0.465 e. The third-order valence-corrected chi connectivity index (χ3v) is 3.59. The van der Waals surface area contributed by atoms with Gasteiger partial charge >= 0.3 is 5.97 Å². The van der Waals surface area contributed by atoms with Crippen LogP contribution in [0.5, 0.6) is 0 Å². The molecule has 22 heavy (non-hydrogen) atoms. The Kier molecular flexibility index (Phi) is 5.27. The molecule has 0 aliphatic carbocycles. The van der Waals surface area contributed by atoms with Crippen LogP contribution in [0.1, 0.15) is 40.5 Å². The molecule has 116 valence electrons. The Hall–Kier alpha value is -2.21. The van der Waals surface area contributed by atoms with Crippen molar-refractivity contribution in [2.45, 2.75) is 26.2 Å². The number of aromatic nitrogens is 2. The second-order valence-corrected chi connectivity index (χ2v) is 5.39. The van der Waals surface area contributed by atoms with E-state index in [1.807, 2.05) is 19.1 Å². The highest BCUT2D eigenvalue weighted by Crippen LogP contribution is 2.12. The van der Waals surface area contributed by atoms with Crippen LogP contribution in [0, 0.1) is 4.77 Å². The Labute approximate surface area is 133 Å². The van der Waals surface area contributed by atoms with Gasteiger partial charge in [-0.2, -0.15) is 0 Å². The average Bonchev–Trinajstić information content (AvgIpc) is 2.51. The molecule has 0 bridgehead atoms. The maximum absolute atomic E-state index is 12.1. The first-order valence-corrected chi connectivity index (χ1v) is 7.47. The Morgan fingerprint density at radius 1 is 1.23 bits per heavy atom. The van der Waals surface area contributed by atoms with Gasteiger partial charge in [0, 0.05) is 17.7 Å². The second-order valence-electron chi connectivity index (χ2n) is 4.98. The van der Waals surface area contributed by atoms with E-state index in [1.165, 1.54) is 7.11 Å². The predicted octanol–water partition coefficient (Wildman–Crippen LogP) is 2.76. The number of esters is 1. The number of aromatic amines is 2. The molecule has 2 rings (SSSR count). The van der Waals surface area contributed by atoms with E-state index in [0.29, 0.717) is 22.3 Å². The highest BCUT2D eigenvalue weighted by atomic mass is 32.1. The molecule has 0 atom stereocenters. The summed E-state index contributed by atoms with van der Waals surface area (Å²) in [5.41, 5.74) is 2.82. The van der Waals surface area contributed by atoms with E-state index >= 15 is 0 Å². The molecule has 1 aromatic heterocycles. The minimum Gasteiger partial charge on any atom is -0.465 e. The topological polar surface area (TPSA) is 75.0 Å². The molecule has 0 radical (unpaired) electrons. The lowest BCUT2D eigenvalue weighted by Gasteiger charge is -2.08. The molecule has 0 aliphatic rings. The van der Waals surface area contributed by atoms with Crippen LogP contribution in [0.4, 0.5) is 0 Å². The zero-order valence-corrected chi connectivity index (χ0v) is 13.4. The molecule has 0 amide bonds. The molecule has 1 aromatic carbocycles. The van der Waals surface area contributed by atoms with Gasteiger partial charge in [-0.3, -0.25) is 9.78 Å². The van der Waals surface area contributed by atoms with Crippen molar-refractivity contribution in [2.24, 2.45) is 0 Å². The van der Waals surface area contributed by atoms with Crippen LogP contribution < -0.4 is 5.56 Å². The number of methoxy groups -OCH3 is 1. The van der Waals surface area contributed by atoms with Crippen LogP contribution in [0.2, 0.25) is 0 Å². The number of aryl methyl sites for hydroxylation is 1. The number of hydrogen-bond acceptors (Lipinski definition) is 4. The van der Waals surface area contributed by atoms with Gasteiger partial charge in [0.25, 0.3) is 5.56 Å². The first-order valence-electron chi connectivity index (χ1n) is 7.06. The Morgan fingerprint density at radius 2 is 1.91 bits per heavy atom.